The Morgan fingerprint density at radius 1 is 0.933 bits per heavy atom. The number of benzene rings is 2. The van der Waals surface area contributed by atoms with E-state index in [1.807, 2.05) is 13.8 Å². The summed E-state index contributed by atoms with van der Waals surface area (Å²) in [7, 11) is 4.17. The van der Waals surface area contributed by atoms with E-state index < -0.39 is 17.7 Å². The van der Waals surface area contributed by atoms with Gasteiger partial charge in [-0.2, -0.15) is 5.01 Å². The van der Waals surface area contributed by atoms with Crippen LogP contribution in [0.5, 0.6) is 23.0 Å². The molecule has 2 aromatic rings. The Hall–Kier alpha value is -3.75. The van der Waals surface area contributed by atoms with Gasteiger partial charge >= 0.3 is 0 Å². The highest BCUT2D eigenvalue weighted by Crippen LogP contribution is 2.49. The normalized spacial score (nSPS) is 12.8. The van der Waals surface area contributed by atoms with Gasteiger partial charge in [0.25, 0.3) is 17.7 Å². The van der Waals surface area contributed by atoms with Gasteiger partial charge in [0.05, 0.1) is 26.9 Å². The lowest BCUT2D eigenvalue weighted by Crippen LogP contribution is -2.45. The number of nitrogens with zero attached hydrogens (tertiary/aromatic N) is 1. The monoisotopic (exact) mass is 414 g/mol. The maximum Gasteiger partial charge on any atom is 0.284 e. The molecule has 9 nitrogen and oxygen atoms in total. The Morgan fingerprint density at radius 3 is 1.97 bits per heavy atom. The number of phenolic OH excluding ortho intramolecular Hbond substituents is 1. The zero-order valence-electron chi connectivity index (χ0n) is 17.2. The van der Waals surface area contributed by atoms with Gasteiger partial charge in [0, 0.05) is 5.56 Å². The lowest BCUT2D eigenvalue weighted by atomic mass is 9.94. The molecule has 0 radical (unpaired) electrons. The molecule has 0 unspecified atom stereocenters. The number of amides is 3. The van der Waals surface area contributed by atoms with E-state index in [9.17, 15) is 19.5 Å². The third-order valence-electron chi connectivity index (χ3n) is 4.79. The molecule has 9 heteroatoms. The summed E-state index contributed by atoms with van der Waals surface area (Å²) in [5.74, 6) is -2.28. The standard InChI is InChI=1S/C21H22N2O7/c1-10(2)13-16(28-3)14-15(18(30-5)17(13)29-4)21(27)23(20(14)26)22-19(25)11-8-6-7-9-12(11)24/h6-10,24H,1-5H3,(H,22,25). The predicted molar refractivity (Wildman–Crippen MR) is 106 cm³/mol. The zero-order valence-corrected chi connectivity index (χ0v) is 17.2. The van der Waals surface area contributed by atoms with Gasteiger partial charge in [-0.15, -0.1) is 0 Å². The molecule has 0 saturated heterocycles. The van der Waals surface area contributed by atoms with Crippen LogP contribution in [0.4, 0.5) is 0 Å². The summed E-state index contributed by atoms with van der Waals surface area (Å²) in [5.41, 5.74) is 2.63. The fourth-order valence-corrected chi connectivity index (χ4v) is 3.49. The van der Waals surface area contributed by atoms with Gasteiger partial charge in [0.15, 0.2) is 11.5 Å². The quantitative estimate of drug-likeness (QED) is 0.698. The molecule has 1 aliphatic rings. The van der Waals surface area contributed by atoms with Crippen LogP contribution in [0, 0.1) is 0 Å². The highest BCUT2D eigenvalue weighted by Gasteiger charge is 2.45. The van der Waals surface area contributed by atoms with E-state index >= 15 is 0 Å². The van der Waals surface area contributed by atoms with Crippen LogP contribution in [-0.2, 0) is 0 Å². The molecule has 158 valence electrons. The van der Waals surface area contributed by atoms with Crippen molar-refractivity contribution in [1.82, 2.24) is 10.4 Å². The number of phenols is 1. The summed E-state index contributed by atoms with van der Waals surface area (Å²) in [5, 5.41) is 10.5. The first-order chi connectivity index (χ1) is 14.3. The summed E-state index contributed by atoms with van der Waals surface area (Å²) in [6, 6.07) is 5.78. The molecule has 0 aliphatic carbocycles. The minimum Gasteiger partial charge on any atom is -0.507 e. The second-order valence-corrected chi connectivity index (χ2v) is 6.82. The van der Waals surface area contributed by atoms with E-state index in [1.54, 1.807) is 12.1 Å². The second kappa shape index (κ2) is 7.94. The fraction of sp³-hybridized carbons (Fsp3) is 0.286. The highest BCUT2D eigenvalue weighted by atomic mass is 16.5. The van der Waals surface area contributed by atoms with E-state index in [4.69, 9.17) is 14.2 Å². The minimum absolute atomic E-state index is 0.0265. The van der Waals surface area contributed by atoms with Crippen LogP contribution in [0.25, 0.3) is 0 Å². The Morgan fingerprint density at radius 2 is 1.47 bits per heavy atom. The summed E-state index contributed by atoms with van der Waals surface area (Å²) < 4.78 is 16.4. The Bertz CT molecular complexity index is 1050. The molecule has 0 aromatic heterocycles. The number of hydrazine groups is 1. The number of hydrogen-bond donors (Lipinski definition) is 2. The van der Waals surface area contributed by atoms with Gasteiger partial charge in [0.2, 0.25) is 0 Å². The SMILES string of the molecule is COc1c(OC)c(C(C)C)c(OC)c2c1C(=O)N(NC(=O)c1ccccc1O)C2=O. The molecule has 2 aromatic carbocycles. The van der Waals surface area contributed by atoms with Gasteiger partial charge in [-0.1, -0.05) is 26.0 Å². The summed E-state index contributed by atoms with van der Waals surface area (Å²) in [6.07, 6.45) is 0. The average Bonchev–Trinajstić information content (AvgIpc) is 2.97. The molecule has 3 amide bonds. The smallest absolute Gasteiger partial charge is 0.284 e. The van der Waals surface area contributed by atoms with E-state index in [1.165, 1.54) is 33.5 Å². The first kappa shape index (κ1) is 21.0. The topological polar surface area (TPSA) is 114 Å². The number of carbonyl (C=O) groups is 3. The number of rotatable bonds is 6. The van der Waals surface area contributed by atoms with E-state index in [0.29, 0.717) is 10.6 Å². The molecule has 1 heterocycles. The van der Waals surface area contributed by atoms with Gasteiger partial charge in [-0.3, -0.25) is 19.8 Å². The van der Waals surface area contributed by atoms with Crippen LogP contribution < -0.4 is 19.6 Å². The highest BCUT2D eigenvalue weighted by molar-refractivity contribution is 6.25. The number of carbonyl (C=O) groups excluding carboxylic acids is 3. The van der Waals surface area contributed by atoms with Crippen molar-refractivity contribution in [2.24, 2.45) is 0 Å². The lowest BCUT2D eigenvalue weighted by Gasteiger charge is -2.21. The number of fused-ring (bicyclic) bond motifs is 1. The molecule has 0 atom stereocenters. The number of para-hydroxylation sites is 1. The van der Waals surface area contributed by atoms with Crippen molar-refractivity contribution < 1.29 is 33.7 Å². The lowest BCUT2D eigenvalue weighted by molar-refractivity contribution is 0.0515. The van der Waals surface area contributed by atoms with Gasteiger partial charge in [0.1, 0.15) is 22.6 Å². The van der Waals surface area contributed by atoms with Crippen LogP contribution in [0.15, 0.2) is 24.3 Å². The first-order valence-corrected chi connectivity index (χ1v) is 9.11. The van der Waals surface area contributed by atoms with Crippen LogP contribution in [0.1, 0.15) is 56.4 Å². The van der Waals surface area contributed by atoms with Crippen LogP contribution in [-0.4, -0.2) is 49.2 Å². The van der Waals surface area contributed by atoms with Crippen molar-refractivity contribution in [2.75, 3.05) is 21.3 Å². The number of imide groups is 1. The van der Waals surface area contributed by atoms with Crippen LogP contribution in [0.3, 0.4) is 0 Å². The van der Waals surface area contributed by atoms with Gasteiger partial charge in [-0.25, -0.2) is 0 Å². The third kappa shape index (κ3) is 3.08. The Labute approximate surface area is 173 Å². The molecule has 30 heavy (non-hydrogen) atoms. The summed E-state index contributed by atoms with van der Waals surface area (Å²) >= 11 is 0. The molecular weight excluding hydrogens is 392 g/mol. The maximum absolute atomic E-state index is 13.1. The summed E-state index contributed by atoms with van der Waals surface area (Å²) in [4.78, 5) is 38.8. The molecule has 2 N–H and O–H groups in total. The minimum atomic E-state index is -0.823. The molecular formula is C21H22N2O7. The van der Waals surface area contributed by atoms with E-state index in [0.717, 1.165) is 0 Å². The number of methoxy groups -OCH3 is 3. The summed E-state index contributed by atoms with van der Waals surface area (Å²) in [6.45, 7) is 3.76. The Balaban J connectivity index is 2.14. The van der Waals surface area contributed by atoms with Crippen molar-refractivity contribution in [1.29, 1.82) is 0 Å². The van der Waals surface area contributed by atoms with Crippen molar-refractivity contribution in [3.63, 3.8) is 0 Å². The third-order valence-corrected chi connectivity index (χ3v) is 4.79. The fourth-order valence-electron chi connectivity index (χ4n) is 3.49. The number of aromatic hydroxyl groups is 1. The predicted octanol–water partition coefficient (Wildman–Crippen LogP) is 2.48. The number of hydrogen-bond acceptors (Lipinski definition) is 7. The molecule has 0 spiro atoms. The molecule has 0 bridgehead atoms. The van der Waals surface area contributed by atoms with Crippen molar-refractivity contribution >= 4 is 17.7 Å². The number of ether oxygens (including phenoxy) is 3. The van der Waals surface area contributed by atoms with Crippen molar-refractivity contribution in [2.45, 2.75) is 19.8 Å². The maximum atomic E-state index is 13.1. The van der Waals surface area contributed by atoms with Crippen LogP contribution in [0.2, 0.25) is 0 Å². The van der Waals surface area contributed by atoms with E-state index in [-0.39, 0.29) is 45.6 Å². The first-order valence-electron chi connectivity index (χ1n) is 9.11. The molecule has 0 saturated carbocycles. The largest absolute Gasteiger partial charge is 0.507 e. The van der Waals surface area contributed by atoms with Gasteiger partial charge < -0.3 is 19.3 Å². The van der Waals surface area contributed by atoms with Gasteiger partial charge in [-0.05, 0) is 18.1 Å². The van der Waals surface area contributed by atoms with Crippen LogP contribution >= 0.6 is 0 Å². The zero-order chi connectivity index (χ0) is 22.2. The molecule has 0 fully saturated rings. The van der Waals surface area contributed by atoms with E-state index in [2.05, 4.69) is 5.43 Å². The average molecular weight is 414 g/mol. The van der Waals surface area contributed by atoms with Crippen molar-refractivity contribution in [3.05, 3.63) is 46.5 Å². The second-order valence-electron chi connectivity index (χ2n) is 6.82. The molecule has 3 rings (SSSR count). The molecule has 1 aliphatic heterocycles. The number of nitrogens with one attached hydrogen (secondary N) is 1. The van der Waals surface area contributed by atoms with Crippen molar-refractivity contribution in [3.8, 4) is 23.0 Å². The Kier molecular flexibility index (Phi) is 5.55.